The SMILES string of the molecule is C=CCN(CC(=O)O)NC(=O)N[C@@H](C)c1ccccc1. The van der Waals surface area contributed by atoms with Gasteiger partial charge in [0, 0.05) is 6.54 Å². The molecule has 6 nitrogen and oxygen atoms in total. The summed E-state index contributed by atoms with van der Waals surface area (Å²) in [7, 11) is 0. The van der Waals surface area contributed by atoms with E-state index in [1.807, 2.05) is 37.3 Å². The minimum absolute atomic E-state index is 0.174. The maximum absolute atomic E-state index is 11.8. The molecule has 1 aromatic rings. The smallest absolute Gasteiger partial charge is 0.329 e. The zero-order valence-electron chi connectivity index (χ0n) is 11.4. The van der Waals surface area contributed by atoms with Crippen LogP contribution in [0.2, 0.25) is 0 Å². The number of carboxylic acid groups (broad SMARTS) is 1. The summed E-state index contributed by atoms with van der Waals surface area (Å²) < 4.78 is 0. The van der Waals surface area contributed by atoms with Crippen LogP contribution in [0.5, 0.6) is 0 Å². The predicted octanol–water partition coefficient (Wildman–Crippen LogP) is 1.53. The van der Waals surface area contributed by atoms with Crippen molar-refractivity contribution in [1.82, 2.24) is 15.8 Å². The van der Waals surface area contributed by atoms with Crippen molar-refractivity contribution >= 4 is 12.0 Å². The Morgan fingerprint density at radius 1 is 1.40 bits per heavy atom. The quantitative estimate of drug-likeness (QED) is 0.521. The molecular weight excluding hydrogens is 258 g/mol. The molecule has 0 fully saturated rings. The van der Waals surface area contributed by atoms with Crippen molar-refractivity contribution in [2.24, 2.45) is 0 Å². The number of urea groups is 1. The lowest BCUT2D eigenvalue weighted by Crippen LogP contribution is -2.49. The van der Waals surface area contributed by atoms with Crippen LogP contribution >= 0.6 is 0 Å². The molecule has 0 saturated heterocycles. The van der Waals surface area contributed by atoms with Gasteiger partial charge >= 0.3 is 12.0 Å². The Morgan fingerprint density at radius 3 is 2.60 bits per heavy atom. The van der Waals surface area contributed by atoms with Gasteiger partial charge in [0.1, 0.15) is 6.54 Å². The Kier molecular flexibility index (Phi) is 6.25. The van der Waals surface area contributed by atoms with Crippen LogP contribution in [0.15, 0.2) is 43.0 Å². The third kappa shape index (κ3) is 5.53. The van der Waals surface area contributed by atoms with Gasteiger partial charge in [0.15, 0.2) is 0 Å². The zero-order valence-corrected chi connectivity index (χ0v) is 11.4. The van der Waals surface area contributed by atoms with E-state index in [9.17, 15) is 9.59 Å². The van der Waals surface area contributed by atoms with Crippen molar-refractivity contribution in [3.63, 3.8) is 0 Å². The first kappa shape index (κ1) is 15.7. The van der Waals surface area contributed by atoms with Crippen molar-refractivity contribution in [2.45, 2.75) is 13.0 Å². The van der Waals surface area contributed by atoms with Crippen molar-refractivity contribution in [3.05, 3.63) is 48.6 Å². The van der Waals surface area contributed by atoms with Crippen LogP contribution in [0.25, 0.3) is 0 Å². The van der Waals surface area contributed by atoms with Gasteiger partial charge in [-0.2, -0.15) is 0 Å². The molecule has 0 saturated carbocycles. The molecule has 0 unspecified atom stereocenters. The van der Waals surface area contributed by atoms with Gasteiger partial charge in [0.05, 0.1) is 6.04 Å². The Hall–Kier alpha value is -2.34. The van der Waals surface area contributed by atoms with Crippen molar-refractivity contribution in [3.8, 4) is 0 Å². The van der Waals surface area contributed by atoms with Gasteiger partial charge in [-0.3, -0.25) is 10.2 Å². The average Bonchev–Trinajstić information content (AvgIpc) is 2.39. The topological polar surface area (TPSA) is 81.7 Å². The van der Waals surface area contributed by atoms with Crippen LogP contribution in [-0.2, 0) is 4.79 Å². The first-order chi connectivity index (χ1) is 9.52. The van der Waals surface area contributed by atoms with Crippen LogP contribution in [0.3, 0.4) is 0 Å². The molecule has 108 valence electrons. The Balaban J connectivity index is 2.52. The fraction of sp³-hybridized carbons (Fsp3) is 0.286. The molecule has 0 aliphatic heterocycles. The number of aliphatic carboxylic acids is 1. The average molecular weight is 277 g/mol. The van der Waals surface area contributed by atoms with Crippen molar-refractivity contribution in [1.29, 1.82) is 0 Å². The molecule has 0 aliphatic rings. The van der Waals surface area contributed by atoms with Crippen LogP contribution in [-0.4, -0.2) is 35.2 Å². The fourth-order valence-electron chi connectivity index (χ4n) is 1.67. The Labute approximate surface area is 118 Å². The second-order valence-corrected chi connectivity index (χ2v) is 4.28. The molecule has 6 heteroatoms. The lowest BCUT2D eigenvalue weighted by molar-refractivity contribution is -0.138. The van der Waals surface area contributed by atoms with E-state index in [0.29, 0.717) is 0 Å². The molecule has 3 N–H and O–H groups in total. The molecular formula is C14H19N3O3. The first-order valence-electron chi connectivity index (χ1n) is 6.22. The largest absolute Gasteiger partial charge is 0.480 e. The highest BCUT2D eigenvalue weighted by Gasteiger charge is 2.13. The van der Waals surface area contributed by atoms with Crippen molar-refractivity contribution < 1.29 is 14.7 Å². The number of carboxylic acids is 1. The van der Waals surface area contributed by atoms with Gasteiger partial charge in [0.25, 0.3) is 0 Å². The molecule has 0 aromatic heterocycles. The maximum Gasteiger partial charge on any atom is 0.329 e. The number of amides is 2. The van der Waals surface area contributed by atoms with Gasteiger partial charge in [-0.25, -0.2) is 9.80 Å². The number of carbonyl (C=O) groups is 2. The minimum atomic E-state index is -1.02. The van der Waals surface area contributed by atoms with Gasteiger partial charge in [-0.1, -0.05) is 36.4 Å². The van der Waals surface area contributed by atoms with E-state index in [1.165, 1.54) is 11.1 Å². The maximum atomic E-state index is 11.8. The highest BCUT2D eigenvalue weighted by Crippen LogP contribution is 2.10. The summed E-state index contributed by atoms with van der Waals surface area (Å²) >= 11 is 0. The molecule has 2 amide bonds. The number of hydrogen-bond donors (Lipinski definition) is 3. The standard InChI is InChI=1S/C14H19N3O3/c1-3-9-17(10-13(18)19)16-14(20)15-11(2)12-7-5-4-6-8-12/h3-8,11H,1,9-10H2,2H3,(H,18,19)(H2,15,16,20)/t11-/m0/s1. The summed E-state index contributed by atoms with van der Waals surface area (Å²) in [5.74, 6) is -1.02. The number of rotatable bonds is 7. The first-order valence-corrected chi connectivity index (χ1v) is 6.22. The van der Waals surface area contributed by atoms with Gasteiger partial charge in [0.2, 0.25) is 0 Å². The van der Waals surface area contributed by atoms with Crippen LogP contribution in [0, 0.1) is 0 Å². The molecule has 0 aliphatic carbocycles. The van der Waals surface area contributed by atoms with Gasteiger partial charge in [-0.05, 0) is 12.5 Å². The van der Waals surface area contributed by atoms with E-state index >= 15 is 0 Å². The lowest BCUT2D eigenvalue weighted by atomic mass is 10.1. The summed E-state index contributed by atoms with van der Waals surface area (Å²) in [5.41, 5.74) is 3.45. The third-order valence-electron chi connectivity index (χ3n) is 2.58. The summed E-state index contributed by atoms with van der Waals surface area (Å²) in [6.45, 7) is 5.33. The highest BCUT2D eigenvalue weighted by atomic mass is 16.4. The second kappa shape index (κ2) is 7.96. The summed E-state index contributed by atoms with van der Waals surface area (Å²) in [5, 5.41) is 12.7. The van der Waals surface area contributed by atoms with E-state index < -0.39 is 12.0 Å². The molecule has 0 spiro atoms. The summed E-state index contributed by atoms with van der Waals surface area (Å²) in [6, 6.07) is 8.86. The summed E-state index contributed by atoms with van der Waals surface area (Å²) in [4.78, 5) is 22.5. The van der Waals surface area contributed by atoms with Gasteiger partial charge in [-0.15, -0.1) is 6.58 Å². The number of benzene rings is 1. The van der Waals surface area contributed by atoms with Crippen LogP contribution < -0.4 is 10.7 Å². The second-order valence-electron chi connectivity index (χ2n) is 4.28. The molecule has 20 heavy (non-hydrogen) atoms. The van der Waals surface area contributed by atoms with Gasteiger partial charge < -0.3 is 10.4 Å². The lowest BCUT2D eigenvalue weighted by Gasteiger charge is -2.22. The number of hydrazine groups is 1. The molecule has 1 rings (SSSR count). The van der Waals surface area contributed by atoms with E-state index in [4.69, 9.17) is 5.11 Å². The van der Waals surface area contributed by atoms with E-state index in [0.717, 1.165) is 5.56 Å². The Bertz CT molecular complexity index is 462. The van der Waals surface area contributed by atoms with E-state index in [1.54, 1.807) is 0 Å². The highest BCUT2D eigenvalue weighted by molar-refractivity contribution is 5.75. The number of nitrogens with zero attached hydrogens (tertiary/aromatic N) is 1. The molecule has 0 bridgehead atoms. The fourth-order valence-corrected chi connectivity index (χ4v) is 1.67. The summed E-state index contributed by atoms with van der Waals surface area (Å²) in [6.07, 6.45) is 1.52. The van der Waals surface area contributed by atoms with Crippen LogP contribution in [0.1, 0.15) is 18.5 Å². The van der Waals surface area contributed by atoms with Crippen molar-refractivity contribution in [2.75, 3.05) is 13.1 Å². The normalized spacial score (nSPS) is 11.7. The Morgan fingerprint density at radius 2 is 2.05 bits per heavy atom. The number of carbonyl (C=O) groups excluding carboxylic acids is 1. The van der Waals surface area contributed by atoms with E-state index in [-0.39, 0.29) is 19.1 Å². The zero-order chi connectivity index (χ0) is 15.0. The minimum Gasteiger partial charge on any atom is -0.480 e. The molecule has 1 aromatic carbocycles. The predicted molar refractivity (Wildman–Crippen MR) is 75.9 cm³/mol. The molecule has 0 radical (unpaired) electrons. The molecule has 0 heterocycles. The monoisotopic (exact) mass is 277 g/mol. The number of hydrogen-bond acceptors (Lipinski definition) is 3. The van der Waals surface area contributed by atoms with Crippen LogP contribution in [0.4, 0.5) is 4.79 Å². The number of nitrogens with one attached hydrogen (secondary N) is 2. The third-order valence-corrected chi connectivity index (χ3v) is 2.58. The molecule has 1 atom stereocenters. The van der Waals surface area contributed by atoms with E-state index in [2.05, 4.69) is 17.3 Å².